The van der Waals surface area contributed by atoms with Gasteiger partial charge in [-0.3, -0.25) is 4.79 Å². The van der Waals surface area contributed by atoms with Crippen LogP contribution in [0.5, 0.6) is 0 Å². The highest BCUT2D eigenvalue weighted by molar-refractivity contribution is 8.01. The number of alkyl halides is 6. The van der Waals surface area contributed by atoms with E-state index in [1.165, 1.54) is 0 Å². The second-order valence-electron chi connectivity index (χ2n) is 5.73. The molecule has 0 spiro atoms. The number of carbonyl (C=O) groups excluding carboxylic acids is 1. The van der Waals surface area contributed by atoms with E-state index in [9.17, 15) is 36.4 Å². The largest absolute Gasteiger partial charge is 0.444 e. The fraction of sp³-hybridized carbons (Fsp3) is 0.312. The van der Waals surface area contributed by atoms with E-state index in [0.29, 0.717) is 17.0 Å². The van der Waals surface area contributed by atoms with Gasteiger partial charge in [-0.05, 0) is 23.9 Å². The molecule has 1 aromatic heterocycles. The smallest absolute Gasteiger partial charge is 0.361 e. The molecule has 1 aromatic carbocycles. The summed E-state index contributed by atoms with van der Waals surface area (Å²) in [6, 6.07) is 2.82. The molecule has 15 heteroatoms. The molecule has 0 aliphatic carbocycles. The van der Waals surface area contributed by atoms with Gasteiger partial charge >= 0.3 is 11.7 Å². The third kappa shape index (κ3) is 5.76. The molecule has 31 heavy (non-hydrogen) atoms. The molecule has 0 radical (unpaired) electrons. The second-order valence-corrected chi connectivity index (χ2v) is 7.68. The van der Waals surface area contributed by atoms with Gasteiger partial charge in [-0.1, -0.05) is 23.2 Å². The van der Waals surface area contributed by atoms with E-state index in [-0.39, 0.29) is 11.4 Å². The first-order chi connectivity index (χ1) is 14.2. The summed E-state index contributed by atoms with van der Waals surface area (Å²) in [6.45, 7) is 0. The van der Waals surface area contributed by atoms with Crippen molar-refractivity contribution in [1.82, 2.24) is 9.78 Å². The Morgan fingerprint density at radius 3 is 2.23 bits per heavy atom. The van der Waals surface area contributed by atoms with Gasteiger partial charge in [-0.2, -0.15) is 36.7 Å². The highest BCUT2D eigenvalue weighted by atomic mass is 35.5. The van der Waals surface area contributed by atoms with Crippen molar-refractivity contribution < 1.29 is 35.9 Å². The van der Waals surface area contributed by atoms with Crippen LogP contribution >= 0.6 is 35.0 Å². The number of likely N-dealkylation sites (N-methyl/N-ethyl adjacent to an activating group) is 1. The van der Waals surface area contributed by atoms with Crippen LogP contribution in [-0.4, -0.2) is 40.8 Å². The van der Waals surface area contributed by atoms with Crippen molar-refractivity contribution in [2.75, 3.05) is 19.1 Å². The molecule has 0 bridgehead atoms. The third-order valence-electron chi connectivity index (χ3n) is 3.72. The van der Waals surface area contributed by atoms with Gasteiger partial charge in [0.15, 0.2) is 11.1 Å². The first kappa shape index (κ1) is 25.1. The third-order valence-corrected chi connectivity index (χ3v) is 5.17. The molecule has 0 fully saturated rings. The number of carbonyl (C=O) groups is 1. The highest BCUT2D eigenvalue weighted by Gasteiger charge is 2.39. The summed E-state index contributed by atoms with van der Waals surface area (Å²) in [7, 11) is 1.97. The molecule has 6 nitrogen and oxygen atoms in total. The van der Waals surface area contributed by atoms with Gasteiger partial charge in [0.1, 0.15) is 17.4 Å². The Morgan fingerprint density at radius 2 is 1.81 bits per heavy atom. The van der Waals surface area contributed by atoms with Gasteiger partial charge in [0.05, 0.1) is 21.8 Å². The van der Waals surface area contributed by atoms with Gasteiger partial charge < -0.3 is 9.64 Å². The van der Waals surface area contributed by atoms with Gasteiger partial charge in [0.25, 0.3) is 5.91 Å². The summed E-state index contributed by atoms with van der Waals surface area (Å²) in [5.74, 6) is -1.16. The number of thioether (sulfide) groups is 1. The first-order valence-corrected chi connectivity index (χ1v) is 9.44. The molecule has 0 saturated carbocycles. The lowest BCUT2D eigenvalue weighted by molar-refractivity contribution is -0.137. The minimum atomic E-state index is -4.78. The number of hydrogen-bond acceptors (Lipinski definition) is 5. The van der Waals surface area contributed by atoms with E-state index < -0.39 is 56.1 Å². The number of halogens is 8. The Bertz CT molecular complexity index is 1010. The van der Waals surface area contributed by atoms with Crippen LogP contribution < -0.4 is 4.90 Å². The quantitative estimate of drug-likeness (QED) is 0.408. The maximum absolute atomic E-state index is 12.9. The number of methoxy groups -OCH3 is 1. The number of rotatable bonds is 5. The summed E-state index contributed by atoms with van der Waals surface area (Å²) in [6.07, 6.45) is -3.71. The SMILES string of the molecule is COC(SC(F)(F)F)C(=O)N(C)c1cn(-c2c(Cl)cc(C(F)(F)F)cc2Cl)nc1C#N. The number of nitrogens with zero attached hydrogens (tertiary/aromatic N) is 4. The summed E-state index contributed by atoms with van der Waals surface area (Å²) < 4.78 is 82.0. The van der Waals surface area contributed by atoms with Crippen LogP contribution in [0.3, 0.4) is 0 Å². The monoisotopic (exact) mass is 506 g/mol. The van der Waals surface area contributed by atoms with Crippen LogP contribution in [0.4, 0.5) is 32.0 Å². The Morgan fingerprint density at radius 1 is 1.26 bits per heavy atom. The van der Waals surface area contributed by atoms with Gasteiger partial charge in [-0.15, -0.1) is 0 Å². The number of anilines is 1. The lowest BCUT2D eigenvalue weighted by Gasteiger charge is -2.22. The number of aromatic nitrogens is 2. The molecule has 0 N–H and O–H groups in total. The van der Waals surface area contributed by atoms with Crippen molar-refractivity contribution in [2.24, 2.45) is 0 Å². The summed E-state index contributed by atoms with van der Waals surface area (Å²) in [5, 5.41) is 12.2. The fourth-order valence-corrected chi connectivity index (χ4v) is 3.61. The summed E-state index contributed by atoms with van der Waals surface area (Å²) in [5.41, 5.74) is -8.77. The van der Waals surface area contributed by atoms with Crippen LogP contribution in [-0.2, 0) is 15.7 Å². The maximum Gasteiger partial charge on any atom is 0.444 e. The van der Waals surface area contributed by atoms with E-state index in [1.54, 1.807) is 6.07 Å². The Kier molecular flexibility index (Phi) is 7.42. The van der Waals surface area contributed by atoms with Crippen molar-refractivity contribution in [3.8, 4) is 11.8 Å². The molecule has 1 heterocycles. The number of nitriles is 1. The zero-order valence-electron chi connectivity index (χ0n) is 15.3. The number of ether oxygens (including phenoxy) is 1. The van der Waals surface area contributed by atoms with E-state index in [0.717, 1.165) is 25.0 Å². The zero-order valence-corrected chi connectivity index (χ0v) is 17.7. The standard InChI is InChI=1S/C16H10Cl2F6N4O2S/c1-27(13(29)14(30-2)31-16(22,23)24)11-6-28(26-10(11)5-25)12-8(17)3-7(4-9(12)18)15(19,20)21/h3-4,6,14H,1-2H3. The lowest BCUT2D eigenvalue weighted by Crippen LogP contribution is -2.37. The summed E-state index contributed by atoms with van der Waals surface area (Å²) in [4.78, 5) is 13.1. The van der Waals surface area contributed by atoms with Crippen LogP contribution in [0, 0.1) is 11.3 Å². The maximum atomic E-state index is 12.9. The van der Waals surface area contributed by atoms with Crippen molar-refractivity contribution in [3.63, 3.8) is 0 Å². The second kappa shape index (κ2) is 9.15. The molecule has 0 aliphatic rings. The molecular weight excluding hydrogens is 497 g/mol. The van der Waals surface area contributed by atoms with Crippen molar-refractivity contribution in [3.05, 3.63) is 39.6 Å². The van der Waals surface area contributed by atoms with Crippen molar-refractivity contribution in [2.45, 2.75) is 17.1 Å². The molecule has 1 unspecified atom stereocenters. The molecular formula is C16H10Cl2F6N4O2S. The number of benzene rings is 1. The van der Waals surface area contributed by atoms with Crippen molar-refractivity contribution in [1.29, 1.82) is 5.26 Å². The molecule has 0 saturated heterocycles. The van der Waals surface area contributed by atoms with E-state index in [4.69, 9.17) is 23.2 Å². The van der Waals surface area contributed by atoms with E-state index in [2.05, 4.69) is 9.84 Å². The average molecular weight is 507 g/mol. The Labute approximate surface area is 185 Å². The van der Waals surface area contributed by atoms with Crippen LogP contribution in [0.2, 0.25) is 10.0 Å². The first-order valence-electron chi connectivity index (χ1n) is 7.81. The zero-order chi connectivity index (χ0) is 23.7. The number of hydrogen-bond donors (Lipinski definition) is 0. The molecule has 168 valence electrons. The van der Waals surface area contributed by atoms with Gasteiger partial charge in [0, 0.05) is 14.2 Å². The predicted molar refractivity (Wildman–Crippen MR) is 101 cm³/mol. The average Bonchev–Trinajstić information content (AvgIpc) is 3.06. The molecule has 0 aliphatic heterocycles. The van der Waals surface area contributed by atoms with E-state index >= 15 is 0 Å². The Hall–Kier alpha value is -2.14. The van der Waals surface area contributed by atoms with Crippen molar-refractivity contribution >= 4 is 46.6 Å². The fourth-order valence-electron chi connectivity index (χ4n) is 2.35. The van der Waals surface area contributed by atoms with Gasteiger partial charge in [-0.25, -0.2) is 4.68 Å². The van der Waals surface area contributed by atoms with Crippen LogP contribution in [0.25, 0.3) is 5.69 Å². The van der Waals surface area contributed by atoms with E-state index in [1.807, 2.05) is 0 Å². The summed E-state index contributed by atoms with van der Waals surface area (Å²) >= 11 is 11.1. The topological polar surface area (TPSA) is 71.2 Å². The minimum Gasteiger partial charge on any atom is -0.361 e. The molecule has 2 rings (SSSR count). The molecule has 1 amide bonds. The highest BCUT2D eigenvalue weighted by Crippen LogP contribution is 2.39. The lowest BCUT2D eigenvalue weighted by atomic mass is 10.2. The van der Waals surface area contributed by atoms with Gasteiger partial charge in [0.2, 0.25) is 0 Å². The van der Waals surface area contributed by atoms with Crippen LogP contribution in [0.1, 0.15) is 11.3 Å². The predicted octanol–water partition coefficient (Wildman–Crippen LogP) is 5.26. The Balaban J connectivity index is 2.49. The normalized spacial score (nSPS) is 13.1. The van der Waals surface area contributed by atoms with Crippen LogP contribution in [0.15, 0.2) is 18.3 Å². The minimum absolute atomic E-state index is 0.229. The molecule has 1 atom stereocenters. The number of amides is 1. The molecule has 2 aromatic rings.